The Labute approximate surface area is 99.1 Å². The van der Waals surface area contributed by atoms with E-state index in [-0.39, 0.29) is 15.7 Å². The summed E-state index contributed by atoms with van der Waals surface area (Å²) in [7, 11) is 0. The molecule has 0 amide bonds. The molecular formula is C11H6F2O3S. The normalized spacial score (nSPS) is 10.5. The van der Waals surface area contributed by atoms with Crippen LogP contribution in [0, 0.1) is 11.6 Å². The first kappa shape index (κ1) is 11.7. The lowest BCUT2D eigenvalue weighted by atomic mass is 10.3. The smallest absolute Gasteiger partial charge is 0.371 e. The van der Waals surface area contributed by atoms with Crippen LogP contribution < -0.4 is 0 Å². The number of rotatable bonds is 3. The van der Waals surface area contributed by atoms with Crippen molar-refractivity contribution in [3.8, 4) is 0 Å². The molecule has 88 valence electrons. The summed E-state index contributed by atoms with van der Waals surface area (Å²) in [5.41, 5.74) is 0. The molecule has 0 radical (unpaired) electrons. The monoisotopic (exact) mass is 256 g/mol. The van der Waals surface area contributed by atoms with Crippen molar-refractivity contribution >= 4 is 17.7 Å². The zero-order valence-electron chi connectivity index (χ0n) is 8.31. The quantitative estimate of drug-likeness (QED) is 0.914. The molecule has 1 aromatic heterocycles. The van der Waals surface area contributed by atoms with Crippen molar-refractivity contribution in [2.45, 2.75) is 9.99 Å². The molecule has 0 saturated carbocycles. The van der Waals surface area contributed by atoms with Crippen LogP contribution in [-0.4, -0.2) is 11.1 Å². The minimum absolute atomic E-state index is 0.165. The highest BCUT2D eigenvalue weighted by Gasteiger charge is 2.12. The lowest BCUT2D eigenvalue weighted by Gasteiger charge is -1.99. The van der Waals surface area contributed by atoms with Crippen molar-refractivity contribution in [2.75, 3.05) is 0 Å². The number of hydrogen-bond donors (Lipinski definition) is 1. The Morgan fingerprint density at radius 1 is 1.24 bits per heavy atom. The lowest BCUT2D eigenvalue weighted by molar-refractivity contribution is 0.0656. The van der Waals surface area contributed by atoms with E-state index in [9.17, 15) is 13.6 Å². The zero-order chi connectivity index (χ0) is 12.4. The summed E-state index contributed by atoms with van der Waals surface area (Å²) in [4.78, 5) is 10.7. The Morgan fingerprint density at radius 2 is 2.00 bits per heavy atom. The number of halogens is 2. The number of carboxylic acid groups (broad SMARTS) is 1. The van der Waals surface area contributed by atoms with Crippen molar-refractivity contribution in [2.24, 2.45) is 0 Å². The molecule has 0 fully saturated rings. The predicted molar refractivity (Wildman–Crippen MR) is 56.1 cm³/mol. The van der Waals surface area contributed by atoms with Crippen LogP contribution in [0.4, 0.5) is 8.78 Å². The summed E-state index contributed by atoms with van der Waals surface area (Å²) in [6.07, 6.45) is 0. The van der Waals surface area contributed by atoms with E-state index in [1.807, 2.05) is 0 Å². The van der Waals surface area contributed by atoms with E-state index < -0.39 is 17.6 Å². The molecule has 2 aromatic rings. The van der Waals surface area contributed by atoms with Gasteiger partial charge in [0.1, 0.15) is 11.6 Å². The van der Waals surface area contributed by atoms with E-state index in [1.165, 1.54) is 18.2 Å². The van der Waals surface area contributed by atoms with Crippen LogP contribution >= 0.6 is 11.8 Å². The van der Waals surface area contributed by atoms with Gasteiger partial charge in [-0.25, -0.2) is 13.6 Å². The Hall–Kier alpha value is -1.82. The van der Waals surface area contributed by atoms with Gasteiger partial charge in [0.2, 0.25) is 5.76 Å². The summed E-state index contributed by atoms with van der Waals surface area (Å²) in [6, 6.07) is 5.82. The van der Waals surface area contributed by atoms with Crippen molar-refractivity contribution in [1.29, 1.82) is 0 Å². The number of carbonyl (C=O) groups is 1. The van der Waals surface area contributed by atoms with Gasteiger partial charge in [-0.15, -0.1) is 0 Å². The van der Waals surface area contributed by atoms with Crippen LogP contribution in [0.25, 0.3) is 0 Å². The molecule has 0 aliphatic heterocycles. The minimum atomic E-state index is -1.20. The number of furan rings is 1. The van der Waals surface area contributed by atoms with E-state index >= 15 is 0 Å². The Bertz CT molecular complexity index is 566. The third-order valence-electron chi connectivity index (χ3n) is 1.90. The molecule has 0 aliphatic rings. The number of carboxylic acids is 1. The average Bonchev–Trinajstić information content (AvgIpc) is 2.71. The van der Waals surface area contributed by atoms with Gasteiger partial charge in [-0.1, -0.05) is 0 Å². The van der Waals surface area contributed by atoms with Gasteiger partial charge >= 0.3 is 5.97 Å². The molecule has 6 heteroatoms. The molecule has 2 rings (SSSR count). The first-order chi connectivity index (χ1) is 8.06. The standard InChI is InChI=1S/C11H6F2O3S/c12-6-1-3-9(7(13)5-6)17-10-4-2-8(16-10)11(14)15/h1-5H,(H,14,15). The van der Waals surface area contributed by atoms with Crippen LogP contribution in [0.15, 0.2) is 44.7 Å². The largest absolute Gasteiger partial charge is 0.475 e. The molecule has 0 spiro atoms. The Balaban J connectivity index is 2.22. The predicted octanol–water partition coefficient (Wildman–Crippen LogP) is 3.41. The third kappa shape index (κ3) is 2.65. The molecule has 1 aromatic carbocycles. The van der Waals surface area contributed by atoms with E-state index in [0.29, 0.717) is 0 Å². The maximum absolute atomic E-state index is 13.3. The van der Waals surface area contributed by atoms with Crippen molar-refractivity contribution in [3.63, 3.8) is 0 Å². The summed E-state index contributed by atoms with van der Waals surface area (Å²) in [6.45, 7) is 0. The van der Waals surface area contributed by atoms with Gasteiger partial charge in [0.05, 0.1) is 4.90 Å². The Morgan fingerprint density at radius 3 is 2.59 bits per heavy atom. The highest BCUT2D eigenvalue weighted by molar-refractivity contribution is 7.99. The molecule has 3 nitrogen and oxygen atoms in total. The molecular weight excluding hydrogens is 250 g/mol. The first-order valence-corrected chi connectivity index (χ1v) is 5.34. The zero-order valence-corrected chi connectivity index (χ0v) is 9.13. The van der Waals surface area contributed by atoms with Crippen LogP contribution in [0.3, 0.4) is 0 Å². The topological polar surface area (TPSA) is 50.4 Å². The maximum Gasteiger partial charge on any atom is 0.371 e. The molecule has 0 aliphatic carbocycles. The minimum Gasteiger partial charge on any atom is -0.475 e. The van der Waals surface area contributed by atoms with Gasteiger partial charge in [0.25, 0.3) is 0 Å². The highest BCUT2D eigenvalue weighted by Crippen LogP contribution is 2.31. The third-order valence-corrected chi connectivity index (χ3v) is 2.87. The summed E-state index contributed by atoms with van der Waals surface area (Å²) < 4.78 is 30.9. The summed E-state index contributed by atoms with van der Waals surface area (Å²) in [5.74, 6) is -2.81. The van der Waals surface area contributed by atoms with Crippen molar-refractivity contribution < 1.29 is 23.1 Å². The Kier molecular flexibility index (Phi) is 3.14. The van der Waals surface area contributed by atoms with Crippen LogP contribution in [0.2, 0.25) is 0 Å². The second kappa shape index (κ2) is 4.58. The molecule has 0 bridgehead atoms. The number of hydrogen-bond acceptors (Lipinski definition) is 3. The van der Waals surface area contributed by atoms with E-state index in [2.05, 4.69) is 0 Å². The van der Waals surface area contributed by atoms with Gasteiger partial charge in [-0.05, 0) is 36.0 Å². The van der Waals surface area contributed by atoms with Gasteiger partial charge < -0.3 is 9.52 Å². The van der Waals surface area contributed by atoms with Crippen LogP contribution in [0.1, 0.15) is 10.6 Å². The fourth-order valence-corrected chi connectivity index (χ4v) is 1.93. The van der Waals surface area contributed by atoms with Gasteiger partial charge in [-0.3, -0.25) is 0 Å². The van der Waals surface area contributed by atoms with E-state index in [1.54, 1.807) is 0 Å². The maximum atomic E-state index is 13.3. The SMILES string of the molecule is O=C(O)c1ccc(Sc2ccc(F)cc2F)o1. The summed E-state index contributed by atoms with van der Waals surface area (Å²) in [5, 5.41) is 8.86. The lowest BCUT2D eigenvalue weighted by Crippen LogP contribution is -1.91. The van der Waals surface area contributed by atoms with Crippen molar-refractivity contribution in [3.05, 3.63) is 47.7 Å². The van der Waals surface area contributed by atoms with Crippen LogP contribution in [-0.2, 0) is 0 Å². The van der Waals surface area contributed by atoms with Crippen molar-refractivity contribution in [1.82, 2.24) is 0 Å². The van der Waals surface area contributed by atoms with Gasteiger partial charge in [0, 0.05) is 6.07 Å². The molecule has 0 unspecified atom stereocenters. The molecule has 0 saturated heterocycles. The molecule has 1 N–H and O–H groups in total. The van der Waals surface area contributed by atoms with Crippen LogP contribution in [0.5, 0.6) is 0 Å². The second-order valence-corrected chi connectivity index (χ2v) is 4.15. The average molecular weight is 256 g/mol. The number of benzene rings is 1. The molecule has 17 heavy (non-hydrogen) atoms. The highest BCUT2D eigenvalue weighted by atomic mass is 32.2. The van der Waals surface area contributed by atoms with Gasteiger partial charge in [0.15, 0.2) is 5.09 Å². The first-order valence-electron chi connectivity index (χ1n) is 4.52. The second-order valence-electron chi connectivity index (χ2n) is 3.10. The molecule has 0 atom stereocenters. The fourth-order valence-electron chi connectivity index (χ4n) is 1.16. The van der Waals surface area contributed by atoms with E-state index in [4.69, 9.17) is 9.52 Å². The molecule has 1 heterocycles. The fraction of sp³-hybridized carbons (Fsp3) is 0. The number of aromatic carboxylic acids is 1. The summed E-state index contributed by atoms with van der Waals surface area (Å²) >= 11 is 0.889. The van der Waals surface area contributed by atoms with E-state index in [0.717, 1.165) is 23.9 Å². The van der Waals surface area contributed by atoms with Gasteiger partial charge in [-0.2, -0.15) is 0 Å².